The number of hydrogen-bond acceptors (Lipinski definition) is 6. The molecule has 1 aromatic heterocycles. The first-order valence-electron chi connectivity index (χ1n) is 10.2. The molecule has 0 saturated carbocycles. The topological polar surface area (TPSA) is 95.3 Å². The van der Waals surface area contributed by atoms with E-state index in [1.165, 1.54) is 33.3 Å². The Morgan fingerprint density at radius 3 is 2.45 bits per heavy atom. The molecule has 1 aromatic carbocycles. The summed E-state index contributed by atoms with van der Waals surface area (Å²) in [6.07, 6.45) is 5.95. The van der Waals surface area contributed by atoms with Crippen LogP contribution in [0.4, 0.5) is 10.5 Å². The first-order chi connectivity index (χ1) is 14.0. The van der Waals surface area contributed by atoms with Crippen molar-refractivity contribution in [3.8, 4) is 0 Å². The summed E-state index contributed by atoms with van der Waals surface area (Å²) in [6, 6.07) is 2.30. The molecule has 0 spiro atoms. The lowest BCUT2D eigenvalue weighted by molar-refractivity contribution is -0.153. The van der Waals surface area contributed by atoms with Crippen molar-refractivity contribution in [1.29, 1.82) is 0 Å². The van der Waals surface area contributed by atoms with Crippen molar-refractivity contribution < 1.29 is 19.1 Å². The third-order valence-electron chi connectivity index (χ3n) is 5.50. The third kappa shape index (κ3) is 4.11. The third-order valence-corrected chi connectivity index (χ3v) is 5.50. The zero-order valence-electron chi connectivity index (χ0n) is 16.9. The lowest BCUT2D eigenvalue weighted by Crippen LogP contribution is -2.35. The zero-order chi connectivity index (χ0) is 20.4. The molecule has 0 fully saturated rings. The van der Waals surface area contributed by atoms with Crippen molar-refractivity contribution in [3.05, 3.63) is 40.5 Å². The van der Waals surface area contributed by atoms with Crippen molar-refractivity contribution in [3.63, 3.8) is 0 Å². The number of carbonyl (C=O) groups excluding carboxylic acids is 2. The van der Waals surface area contributed by atoms with E-state index in [9.17, 15) is 9.59 Å². The number of nitrogens with one attached hydrogen (secondary N) is 1. The van der Waals surface area contributed by atoms with E-state index in [4.69, 9.17) is 9.47 Å². The Kier molecular flexibility index (Phi) is 5.51. The second kappa shape index (κ2) is 8.23. The number of carbonyl (C=O) groups is 2. The molecule has 1 amide bonds. The minimum absolute atomic E-state index is 0.0537. The molecule has 0 bridgehead atoms. The molecule has 1 heterocycles. The van der Waals surface area contributed by atoms with E-state index in [0.29, 0.717) is 5.82 Å². The average Bonchev–Trinajstić information content (AvgIpc) is 3.42. The molecule has 1 atom stereocenters. The summed E-state index contributed by atoms with van der Waals surface area (Å²) < 4.78 is 12.0. The number of rotatable bonds is 6. The normalized spacial score (nSPS) is 15.5. The monoisotopic (exact) mass is 398 g/mol. The average molecular weight is 398 g/mol. The number of nitrogens with zero attached hydrogens (tertiary/aromatic N) is 3. The Hall–Kier alpha value is -2.90. The highest BCUT2D eigenvalue weighted by Gasteiger charge is 2.29. The minimum atomic E-state index is -1.10. The molecule has 1 N–H and O–H groups in total. The first kappa shape index (κ1) is 19.4. The number of fused-ring (bicyclic) bond motifs is 2. The van der Waals surface area contributed by atoms with Gasteiger partial charge in [0.2, 0.25) is 6.10 Å². The second-order valence-electron chi connectivity index (χ2n) is 7.52. The fraction of sp³-hybridized carbons (Fsp3) is 0.524. The number of esters is 1. The molecule has 0 radical (unpaired) electrons. The molecule has 4 rings (SSSR count). The van der Waals surface area contributed by atoms with E-state index in [0.717, 1.165) is 44.2 Å². The Morgan fingerprint density at radius 1 is 1.17 bits per heavy atom. The molecule has 2 aromatic rings. The lowest BCUT2D eigenvalue weighted by Gasteiger charge is -2.19. The van der Waals surface area contributed by atoms with E-state index < -0.39 is 18.2 Å². The van der Waals surface area contributed by atoms with Crippen LogP contribution in [0.1, 0.15) is 47.8 Å². The molecule has 8 heteroatoms. The van der Waals surface area contributed by atoms with Crippen LogP contribution in [-0.2, 0) is 46.5 Å². The van der Waals surface area contributed by atoms with Crippen LogP contribution in [0.25, 0.3) is 0 Å². The number of amides is 1. The number of ether oxygens (including phenoxy) is 2. The van der Waals surface area contributed by atoms with Crippen molar-refractivity contribution in [2.45, 2.75) is 65.0 Å². The summed E-state index contributed by atoms with van der Waals surface area (Å²) in [5.41, 5.74) is 5.95. The van der Waals surface area contributed by atoms with Crippen LogP contribution in [0, 0.1) is 6.92 Å². The molecule has 2 aliphatic rings. The van der Waals surface area contributed by atoms with Crippen molar-refractivity contribution in [1.82, 2.24) is 14.8 Å². The maximum Gasteiger partial charge on any atom is 0.412 e. The summed E-state index contributed by atoms with van der Waals surface area (Å²) >= 11 is 0. The molecular formula is C21H26N4O4. The van der Waals surface area contributed by atoms with Gasteiger partial charge >= 0.3 is 12.1 Å². The molecule has 0 unspecified atom stereocenters. The highest BCUT2D eigenvalue weighted by Crippen LogP contribution is 2.38. The Bertz CT molecular complexity index is 905. The van der Waals surface area contributed by atoms with Gasteiger partial charge in [0.15, 0.2) is 0 Å². The molecule has 0 saturated heterocycles. The maximum atomic E-state index is 12.7. The highest BCUT2D eigenvalue weighted by molar-refractivity contribution is 5.90. The smallest absolute Gasteiger partial charge is 0.412 e. The van der Waals surface area contributed by atoms with Crippen LogP contribution < -0.4 is 5.32 Å². The van der Waals surface area contributed by atoms with Crippen LogP contribution >= 0.6 is 0 Å². The van der Waals surface area contributed by atoms with Crippen LogP contribution in [0.2, 0.25) is 0 Å². The van der Waals surface area contributed by atoms with Gasteiger partial charge < -0.3 is 9.47 Å². The van der Waals surface area contributed by atoms with E-state index in [2.05, 4.69) is 21.5 Å². The van der Waals surface area contributed by atoms with Gasteiger partial charge in [-0.05, 0) is 74.6 Å². The van der Waals surface area contributed by atoms with E-state index in [1.54, 1.807) is 13.8 Å². The van der Waals surface area contributed by atoms with Gasteiger partial charge in [-0.15, -0.1) is 0 Å². The van der Waals surface area contributed by atoms with Crippen LogP contribution in [0.5, 0.6) is 0 Å². The lowest BCUT2D eigenvalue weighted by atomic mass is 9.99. The van der Waals surface area contributed by atoms with Crippen molar-refractivity contribution in [2.75, 3.05) is 11.9 Å². The summed E-state index contributed by atoms with van der Waals surface area (Å²) in [6.45, 7) is 3.72. The summed E-state index contributed by atoms with van der Waals surface area (Å²) in [5, 5.41) is 7.11. The van der Waals surface area contributed by atoms with Crippen molar-refractivity contribution in [2.24, 2.45) is 0 Å². The van der Waals surface area contributed by atoms with Gasteiger partial charge in [-0.2, -0.15) is 5.10 Å². The van der Waals surface area contributed by atoms with Crippen molar-refractivity contribution >= 4 is 17.7 Å². The Balaban J connectivity index is 1.52. The van der Waals surface area contributed by atoms with Gasteiger partial charge in [0, 0.05) is 0 Å². The Morgan fingerprint density at radius 2 is 1.86 bits per heavy atom. The molecule has 29 heavy (non-hydrogen) atoms. The van der Waals surface area contributed by atoms with E-state index >= 15 is 0 Å². The second-order valence-corrected chi connectivity index (χ2v) is 7.52. The van der Waals surface area contributed by atoms with Gasteiger partial charge in [0.05, 0.1) is 18.8 Å². The minimum Gasteiger partial charge on any atom is -0.463 e. The van der Waals surface area contributed by atoms with E-state index in [-0.39, 0.29) is 13.2 Å². The summed E-state index contributed by atoms with van der Waals surface area (Å²) in [7, 11) is 0. The molecule has 0 aliphatic heterocycles. The standard InChI is InChI=1S/C21H26N4O4/c1-3-28-20(26)18(11-25-12-22-13(2)24-25)29-21(27)23-19-16-8-4-6-14(16)10-15-7-5-9-17(15)19/h10,12,18H,3-9,11H2,1-2H3,(H,23,27)/t18-/m1/s1. The maximum absolute atomic E-state index is 12.7. The SMILES string of the molecule is CCOC(=O)[C@@H](Cn1cnc(C)n1)OC(=O)Nc1c2c(cc3c1CCC3)CCC2. The zero-order valence-corrected chi connectivity index (χ0v) is 16.9. The van der Waals surface area contributed by atoms with Crippen LogP contribution in [0.3, 0.4) is 0 Å². The fourth-order valence-electron chi connectivity index (χ4n) is 4.27. The predicted octanol–water partition coefficient (Wildman–Crippen LogP) is 2.74. The fourth-order valence-corrected chi connectivity index (χ4v) is 4.27. The first-order valence-corrected chi connectivity index (χ1v) is 10.2. The van der Waals surface area contributed by atoms with Gasteiger partial charge in [-0.25, -0.2) is 19.3 Å². The molecular weight excluding hydrogens is 372 g/mol. The summed E-state index contributed by atoms with van der Waals surface area (Å²) in [4.78, 5) is 29.1. The number of aryl methyl sites for hydroxylation is 3. The van der Waals surface area contributed by atoms with Gasteiger partial charge in [0.1, 0.15) is 12.2 Å². The Labute approximate surface area is 169 Å². The van der Waals surface area contributed by atoms with Gasteiger partial charge in [-0.3, -0.25) is 5.32 Å². The quantitative estimate of drug-likeness (QED) is 0.752. The van der Waals surface area contributed by atoms with E-state index in [1.807, 2.05) is 0 Å². The number of benzene rings is 1. The van der Waals surface area contributed by atoms with Crippen LogP contribution in [0.15, 0.2) is 12.4 Å². The summed E-state index contributed by atoms with van der Waals surface area (Å²) in [5.74, 6) is -0.0215. The van der Waals surface area contributed by atoms with Crippen LogP contribution in [-0.4, -0.2) is 39.5 Å². The molecule has 2 aliphatic carbocycles. The molecule has 154 valence electrons. The highest BCUT2D eigenvalue weighted by atomic mass is 16.6. The predicted molar refractivity (Wildman–Crippen MR) is 106 cm³/mol. The number of hydrogen-bond donors (Lipinski definition) is 1. The van der Waals surface area contributed by atoms with Gasteiger partial charge in [-0.1, -0.05) is 6.07 Å². The van der Waals surface area contributed by atoms with Gasteiger partial charge in [0.25, 0.3) is 0 Å². The largest absolute Gasteiger partial charge is 0.463 e. The number of aromatic nitrogens is 3. The molecule has 8 nitrogen and oxygen atoms in total. The number of anilines is 1.